The lowest BCUT2D eigenvalue weighted by molar-refractivity contribution is 0.569. The van der Waals surface area contributed by atoms with Crippen LogP contribution in [0.15, 0.2) is 68.5 Å². The van der Waals surface area contributed by atoms with Gasteiger partial charge in [-0.3, -0.25) is 0 Å². The smallest absolute Gasteiger partial charge is 0.295 e. The molecule has 1 unspecified atom stereocenters. The zero-order chi connectivity index (χ0) is 25.2. The minimum Gasteiger partial charge on any atom is -0.432 e. The van der Waals surface area contributed by atoms with E-state index in [0.29, 0.717) is 11.8 Å². The third-order valence-electron chi connectivity index (χ3n) is 5.25. The Morgan fingerprint density at radius 3 is 2.18 bits per heavy atom. The topological polar surface area (TPSA) is 100 Å². The Kier molecular flexibility index (Phi) is 15.3. The zero-order valence-corrected chi connectivity index (χ0v) is 22.3. The summed E-state index contributed by atoms with van der Waals surface area (Å²) in [6.07, 6.45) is 20.8. The Labute approximate surface area is 210 Å². The van der Waals surface area contributed by atoms with Gasteiger partial charge in [-0.05, 0) is 73.1 Å². The van der Waals surface area contributed by atoms with Gasteiger partial charge in [0.2, 0.25) is 6.19 Å². The van der Waals surface area contributed by atoms with Gasteiger partial charge in [0.25, 0.3) is 6.01 Å². The number of oxazole rings is 1. The number of nitrogens with zero attached hydrogens (tertiary/aromatic N) is 3. The molecule has 1 aromatic heterocycles. The number of hydrogen-bond donors (Lipinski definition) is 2. The van der Waals surface area contributed by atoms with Crippen LogP contribution in [0.4, 0.5) is 6.01 Å². The lowest BCUT2D eigenvalue weighted by Gasteiger charge is -2.15. The van der Waals surface area contributed by atoms with Crippen molar-refractivity contribution in [1.29, 1.82) is 5.26 Å². The van der Waals surface area contributed by atoms with Crippen molar-refractivity contribution in [2.24, 2.45) is 10.7 Å². The van der Waals surface area contributed by atoms with Crippen molar-refractivity contribution in [2.75, 3.05) is 16.8 Å². The van der Waals surface area contributed by atoms with E-state index < -0.39 is 0 Å². The Bertz CT molecular complexity index is 900. The highest BCUT2D eigenvalue weighted by atomic mass is 32.2. The summed E-state index contributed by atoms with van der Waals surface area (Å²) in [5.41, 5.74) is 11.6. The highest BCUT2D eigenvalue weighted by Crippen LogP contribution is 2.15. The number of thioether (sulfide) groups is 1. The summed E-state index contributed by atoms with van der Waals surface area (Å²) in [5, 5.41) is 11.9. The molecule has 34 heavy (non-hydrogen) atoms. The first-order chi connectivity index (χ1) is 16.3. The molecular weight excluding hydrogens is 442 g/mol. The number of amidine groups is 1. The molecule has 6 nitrogen and oxygen atoms in total. The van der Waals surface area contributed by atoms with E-state index in [9.17, 15) is 0 Å². The monoisotopic (exact) mass is 483 g/mol. The molecule has 0 radical (unpaired) electrons. The fraction of sp³-hybridized carbons (Fsp3) is 0.519. The number of hydrogen-bond acceptors (Lipinski definition) is 6. The molecule has 0 aliphatic carbocycles. The number of aromatic nitrogens is 1. The zero-order valence-electron chi connectivity index (χ0n) is 21.4. The molecule has 0 spiro atoms. The molecule has 0 bridgehead atoms. The minimum absolute atomic E-state index is 0.229. The van der Waals surface area contributed by atoms with Crippen molar-refractivity contribution in [1.82, 2.24) is 4.98 Å². The molecule has 0 fully saturated rings. The summed E-state index contributed by atoms with van der Waals surface area (Å²) < 4.78 is 5.21. The van der Waals surface area contributed by atoms with Crippen LogP contribution in [0.1, 0.15) is 73.1 Å². The first kappa shape index (κ1) is 29.3. The van der Waals surface area contributed by atoms with Crippen molar-refractivity contribution < 1.29 is 4.42 Å². The van der Waals surface area contributed by atoms with Crippen LogP contribution in [0.25, 0.3) is 0 Å². The van der Waals surface area contributed by atoms with E-state index in [1.165, 1.54) is 28.6 Å². The van der Waals surface area contributed by atoms with Crippen LogP contribution in [0.3, 0.4) is 0 Å². The molecule has 0 aromatic carbocycles. The maximum Gasteiger partial charge on any atom is 0.295 e. The van der Waals surface area contributed by atoms with Crippen molar-refractivity contribution in [2.45, 2.75) is 79.2 Å². The molecule has 186 valence electrons. The average Bonchev–Trinajstić information content (AvgIpc) is 3.29. The number of nitrogens with two attached hydrogens (primary N) is 1. The predicted molar refractivity (Wildman–Crippen MR) is 147 cm³/mol. The lowest BCUT2D eigenvalue weighted by Crippen LogP contribution is -2.37. The first-order valence-electron chi connectivity index (χ1n) is 11.9. The van der Waals surface area contributed by atoms with Crippen LogP contribution in [0, 0.1) is 11.5 Å². The number of aliphatic imine (C=N–C) groups is 1. The molecule has 0 amide bonds. The summed E-state index contributed by atoms with van der Waals surface area (Å²) in [6, 6.07) is 0.0532. The summed E-state index contributed by atoms with van der Waals surface area (Å²) in [5.74, 6) is 1.76. The highest BCUT2D eigenvalue weighted by molar-refractivity contribution is 7.99. The third kappa shape index (κ3) is 14.4. The fourth-order valence-electron chi connectivity index (χ4n) is 3.15. The van der Waals surface area contributed by atoms with Gasteiger partial charge in [0, 0.05) is 11.5 Å². The molecule has 1 rings (SSSR count). The molecule has 1 aromatic rings. The van der Waals surface area contributed by atoms with Gasteiger partial charge in [-0.15, -0.1) is 0 Å². The maximum absolute atomic E-state index is 8.79. The number of rotatable bonds is 16. The van der Waals surface area contributed by atoms with Crippen LogP contribution in [0.5, 0.6) is 0 Å². The Hall–Kier alpha value is -2.72. The van der Waals surface area contributed by atoms with Crippen LogP contribution in [-0.4, -0.2) is 28.4 Å². The van der Waals surface area contributed by atoms with Crippen molar-refractivity contribution in [3.05, 3.63) is 59.1 Å². The second-order valence-electron chi connectivity index (χ2n) is 8.76. The van der Waals surface area contributed by atoms with E-state index in [1.807, 2.05) is 0 Å². The summed E-state index contributed by atoms with van der Waals surface area (Å²) in [7, 11) is 0. The van der Waals surface area contributed by atoms with E-state index in [2.05, 4.69) is 74.2 Å². The SMILES string of the molecule is CC(C)=CCCC(C)=CCCC(C)=CCCC(C)=CCSCC(Nc1ncco1)/C(N)=N/C#N. The van der Waals surface area contributed by atoms with E-state index in [1.54, 1.807) is 24.2 Å². The van der Waals surface area contributed by atoms with Gasteiger partial charge in [-0.1, -0.05) is 46.6 Å². The summed E-state index contributed by atoms with van der Waals surface area (Å²) >= 11 is 1.72. The number of anilines is 1. The van der Waals surface area contributed by atoms with Crippen LogP contribution < -0.4 is 11.1 Å². The second-order valence-corrected chi connectivity index (χ2v) is 9.83. The molecule has 0 aliphatic heterocycles. The summed E-state index contributed by atoms with van der Waals surface area (Å²) in [4.78, 5) is 7.70. The van der Waals surface area contributed by atoms with Gasteiger partial charge in [-0.2, -0.15) is 22.0 Å². The van der Waals surface area contributed by atoms with Crippen LogP contribution in [0.2, 0.25) is 0 Å². The number of nitrogens with one attached hydrogen (secondary N) is 1. The maximum atomic E-state index is 8.79. The van der Waals surface area contributed by atoms with Gasteiger partial charge in [0.15, 0.2) is 0 Å². The standard InChI is InChI=1S/C27H41N5OS/c1-21(2)9-6-10-22(3)11-7-12-23(4)13-8-14-24(5)15-18-34-19-25(26(29)31-20-28)32-27-30-16-17-33-27/h9,11,13,15-17,25H,6-8,10,12,14,18-19H2,1-5H3,(H2,29,31)(H,30,32). The van der Waals surface area contributed by atoms with Gasteiger partial charge in [0.05, 0.1) is 12.2 Å². The Morgan fingerprint density at radius 1 is 1.06 bits per heavy atom. The number of allylic oxidation sites excluding steroid dienone is 7. The van der Waals surface area contributed by atoms with Crippen molar-refractivity contribution in [3.63, 3.8) is 0 Å². The average molecular weight is 484 g/mol. The van der Waals surface area contributed by atoms with E-state index in [0.717, 1.165) is 44.3 Å². The fourth-order valence-corrected chi connectivity index (χ4v) is 4.18. The third-order valence-corrected chi connectivity index (χ3v) is 6.23. The van der Waals surface area contributed by atoms with Crippen LogP contribution in [-0.2, 0) is 0 Å². The van der Waals surface area contributed by atoms with Gasteiger partial charge < -0.3 is 15.5 Å². The molecule has 0 saturated heterocycles. The van der Waals surface area contributed by atoms with Gasteiger partial charge >= 0.3 is 0 Å². The first-order valence-corrected chi connectivity index (χ1v) is 13.0. The molecule has 3 N–H and O–H groups in total. The summed E-state index contributed by atoms with van der Waals surface area (Å²) in [6.45, 7) is 11.0. The van der Waals surface area contributed by atoms with E-state index >= 15 is 0 Å². The molecule has 1 heterocycles. The minimum atomic E-state index is -0.312. The van der Waals surface area contributed by atoms with Gasteiger partial charge in [-0.25, -0.2) is 4.98 Å². The normalized spacial score (nSPS) is 14.0. The molecule has 0 saturated carbocycles. The highest BCUT2D eigenvalue weighted by Gasteiger charge is 2.15. The van der Waals surface area contributed by atoms with Crippen molar-refractivity contribution in [3.8, 4) is 6.19 Å². The van der Waals surface area contributed by atoms with E-state index in [4.69, 9.17) is 15.4 Å². The Balaban J connectivity index is 2.34. The molecule has 1 atom stereocenters. The molecule has 7 heteroatoms. The van der Waals surface area contributed by atoms with Crippen molar-refractivity contribution >= 4 is 23.6 Å². The second kappa shape index (κ2) is 17.7. The predicted octanol–water partition coefficient (Wildman–Crippen LogP) is 7.17. The lowest BCUT2D eigenvalue weighted by atomic mass is 10.0. The number of nitriles is 1. The van der Waals surface area contributed by atoms with Crippen LogP contribution >= 0.6 is 11.8 Å². The quantitative estimate of drug-likeness (QED) is 0.0849. The molecular formula is C27H41N5OS. The van der Waals surface area contributed by atoms with E-state index in [-0.39, 0.29) is 11.9 Å². The Morgan fingerprint density at radius 2 is 1.65 bits per heavy atom. The van der Waals surface area contributed by atoms with Gasteiger partial charge in [0.1, 0.15) is 12.1 Å². The largest absolute Gasteiger partial charge is 0.432 e. The molecule has 0 aliphatic rings.